The highest BCUT2D eigenvalue weighted by Crippen LogP contribution is 2.26. The van der Waals surface area contributed by atoms with E-state index in [1.54, 1.807) is 0 Å². The van der Waals surface area contributed by atoms with E-state index in [9.17, 15) is 0 Å². The Morgan fingerprint density at radius 3 is 2.69 bits per heavy atom. The normalized spacial score (nSPS) is 18.6. The number of aryl methyl sites for hydroxylation is 1. The summed E-state index contributed by atoms with van der Waals surface area (Å²) in [6.07, 6.45) is 14.5. The van der Waals surface area contributed by atoms with E-state index in [4.69, 9.17) is 5.73 Å². The molecular weight excluding hydrogens is 198 g/mol. The molecule has 2 N–H and O–H groups in total. The summed E-state index contributed by atoms with van der Waals surface area (Å²) in [5.74, 6) is 0. The minimum atomic E-state index is 0.647. The second kappa shape index (κ2) is 6.04. The molecule has 3 heteroatoms. The van der Waals surface area contributed by atoms with Crippen molar-refractivity contribution in [1.82, 2.24) is 9.78 Å². The van der Waals surface area contributed by atoms with Gasteiger partial charge in [-0.05, 0) is 37.8 Å². The Hall–Kier alpha value is -0.830. The van der Waals surface area contributed by atoms with E-state index in [2.05, 4.69) is 16.0 Å². The van der Waals surface area contributed by atoms with Gasteiger partial charge in [0.2, 0.25) is 0 Å². The van der Waals surface area contributed by atoms with Crippen LogP contribution in [0.5, 0.6) is 0 Å². The van der Waals surface area contributed by atoms with Crippen LogP contribution in [0.25, 0.3) is 0 Å². The molecule has 0 atom stereocenters. The summed E-state index contributed by atoms with van der Waals surface area (Å²) >= 11 is 0. The Morgan fingerprint density at radius 2 is 2.00 bits per heavy atom. The first-order valence-electron chi connectivity index (χ1n) is 6.63. The van der Waals surface area contributed by atoms with Crippen molar-refractivity contribution in [3.63, 3.8) is 0 Å². The summed E-state index contributed by atoms with van der Waals surface area (Å²) in [5.41, 5.74) is 6.86. The van der Waals surface area contributed by atoms with Crippen LogP contribution in [0.1, 0.15) is 56.6 Å². The summed E-state index contributed by atoms with van der Waals surface area (Å²) in [4.78, 5) is 0. The number of nitrogens with two attached hydrogens (primary N) is 1. The van der Waals surface area contributed by atoms with Gasteiger partial charge in [-0.3, -0.25) is 4.68 Å². The summed E-state index contributed by atoms with van der Waals surface area (Å²) < 4.78 is 2.19. The molecule has 16 heavy (non-hydrogen) atoms. The molecule has 0 amide bonds. The van der Waals surface area contributed by atoms with Crippen LogP contribution in [0.4, 0.5) is 0 Å². The molecule has 0 bridgehead atoms. The molecule has 1 aromatic rings. The summed E-state index contributed by atoms with van der Waals surface area (Å²) in [5, 5.41) is 4.51. The van der Waals surface area contributed by atoms with E-state index >= 15 is 0 Å². The van der Waals surface area contributed by atoms with Gasteiger partial charge in [0.05, 0.1) is 12.2 Å². The SMILES string of the molecule is NCCCc1cnn(C2CCCCCC2)c1. The first-order valence-corrected chi connectivity index (χ1v) is 6.63. The lowest BCUT2D eigenvalue weighted by atomic mass is 10.1. The Labute approximate surface area is 98.0 Å². The minimum Gasteiger partial charge on any atom is -0.330 e. The largest absolute Gasteiger partial charge is 0.330 e. The van der Waals surface area contributed by atoms with Crippen molar-refractivity contribution in [3.8, 4) is 0 Å². The molecule has 1 heterocycles. The molecule has 1 aliphatic rings. The molecule has 0 aromatic carbocycles. The van der Waals surface area contributed by atoms with E-state index < -0.39 is 0 Å². The van der Waals surface area contributed by atoms with Crippen LogP contribution in [0, 0.1) is 0 Å². The molecule has 0 saturated heterocycles. The van der Waals surface area contributed by atoms with Gasteiger partial charge in [-0.2, -0.15) is 5.10 Å². The zero-order valence-electron chi connectivity index (χ0n) is 10.1. The maximum atomic E-state index is 5.52. The second-order valence-electron chi connectivity index (χ2n) is 4.87. The van der Waals surface area contributed by atoms with Crippen LogP contribution in [-0.2, 0) is 6.42 Å². The first-order chi connectivity index (χ1) is 7.90. The third-order valence-electron chi connectivity index (χ3n) is 3.52. The fourth-order valence-corrected chi connectivity index (χ4v) is 2.53. The van der Waals surface area contributed by atoms with Crippen LogP contribution >= 0.6 is 0 Å². The highest BCUT2D eigenvalue weighted by atomic mass is 15.3. The van der Waals surface area contributed by atoms with Crippen molar-refractivity contribution in [2.75, 3.05) is 6.54 Å². The van der Waals surface area contributed by atoms with Crippen molar-refractivity contribution in [1.29, 1.82) is 0 Å². The lowest BCUT2D eigenvalue weighted by Crippen LogP contribution is -2.08. The van der Waals surface area contributed by atoms with Gasteiger partial charge in [-0.1, -0.05) is 25.7 Å². The molecule has 0 unspecified atom stereocenters. The fraction of sp³-hybridized carbons (Fsp3) is 0.769. The van der Waals surface area contributed by atoms with Gasteiger partial charge in [0, 0.05) is 6.20 Å². The van der Waals surface area contributed by atoms with Crippen LogP contribution in [0.2, 0.25) is 0 Å². The lowest BCUT2D eigenvalue weighted by molar-refractivity contribution is 0.405. The zero-order chi connectivity index (χ0) is 11.2. The van der Waals surface area contributed by atoms with E-state index in [-0.39, 0.29) is 0 Å². The highest BCUT2D eigenvalue weighted by molar-refractivity contribution is 5.04. The number of rotatable bonds is 4. The molecular formula is C13H23N3. The summed E-state index contributed by atoms with van der Waals surface area (Å²) in [6, 6.07) is 0.647. The predicted molar refractivity (Wildman–Crippen MR) is 66.3 cm³/mol. The van der Waals surface area contributed by atoms with Gasteiger partial charge >= 0.3 is 0 Å². The first kappa shape index (κ1) is 11.6. The Bertz CT molecular complexity index is 298. The number of nitrogens with zero attached hydrogens (tertiary/aromatic N) is 2. The van der Waals surface area contributed by atoms with Gasteiger partial charge in [-0.15, -0.1) is 0 Å². The third kappa shape index (κ3) is 3.08. The van der Waals surface area contributed by atoms with E-state index in [0.29, 0.717) is 6.04 Å². The van der Waals surface area contributed by atoms with Gasteiger partial charge in [0.15, 0.2) is 0 Å². The standard InChI is InChI=1S/C13H23N3/c14-9-5-6-12-10-15-16(11-12)13-7-3-1-2-4-8-13/h10-11,13H,1-9,14H2. The van der Waals surface area contributed by atoms with E-state index in [0.717, 1.165) is 19.4 Å². The van der Waals surface area contributed by atoms with Crippen molar-refractivity contribution in [2.45, 2.75) is 57.4 Å². The number of aromatic nitrogens is 2. The maximum absolute atomic E-state index is 5.52. The van der Waals surface area contributed by atoms with Crippen LogP contribution < -0.4 is 5.73 Å². The highest BCUT2D eigenvalue weighted by Gasteiger charge is 2.14. The zero-order valence-corrected chi connectivity index (χ0v) is 10.1. The van der Waals surface area contributed by atoms with Gasteiger partial charge in [0.25, 0.3) is 0 Å². The van der Waals surface area contributed by atoms with E-state index in [1.165, 1.54) is 44.1 Å². The second-order valence-corrected chi connectivity index (χ2v) is 4.87. The molecule has 0 spiro atoms. The van der Waals surface area contributed by atoms with Crippen molar-refractivity contribution in [2.24, 2.45) is 5.73 Å². The number of hydrogen-bond donors (Lipinski definition) is 1. The molecule has 3 nitrogen and oxygen atoms in total. The van der Waals surface area contributed by atoms with E-state index in [1.807, 2.05) is 6.20 Å². The average molecular weight is 221 g/mol. The van der Waals surface area contributed by atoms with Crippen LogP contribution in [0.3, 0.4) is 0 Å². The fourth-order valence-electron chi connectivity index (χ4n) is 2.53. The lowest BCUT2D eigenvalue weighted by Gasteiger charge is -2.14. The van der Waals surface area contributed by atoms with Gasteiger partial charge in [-0.25, -0.2) is 0 Å². The third-order valence-corrected chi connectivity index (χ3v) is 3.52. The van der Waals surface area contributed by atoms with Crippen molar-refractivity contribution < 1.29 is 0 Å². The molecule has 1 fully saturated rings. The minimum absolute atomic E-state index is 0.647. The molecule has 1 aromatic heterocycles. The molecule has 2 rings (SSSR count). The molecule has 90 valence electrons. The Balaban J connectivity index is 1.94. The van der Waals surface area contributed by atoms with Crippen molar-refractivity contribution in [3.05, 3.63) is 18.0 Å². The number of hydrogen-bond acceptors (Lipinski definition) is 2. The molecule has 0 radical (unpaired) electrons. The molecule has 1 aliphatic carbocycles. The van der Waals surface area contributed by atoms with Gasteiger partial charge in [0.1, 0.15) is 0 Å². The van der Waals surface area contributed by atoms with Crippen LogP contribution in [0.15, 0.2) is 12.4 Å². The molecule has 1 saturated carbocycles. The topological polar surface area (TPSA) is 43.8 Å². The Kier molecular flexibility index (Phi) is 4.40. The average Bonchev–Trinajstić information content (AvgIpc) is 2.60. The quantitative estimate of drug-likeness (QED) is 0.794. The smallest absolute Gasteiger partial charge is 0.0521 e. The Morgan fingerprint density at radius 1 is 1.25 bits per heavy atom. The monoisotopic (exact) mass is 221 g/mol. The van der Waals surface area contributed by atoms with Crippen molar-refractivity contribution >= 4 is 0 Å². The van der Waals surface area contributed by atoms with Crippen LogP contribution in [-0.4, -0.2) is 16.3 Å². The summed E-state index contributed by atoms with van der Waals surface area (Å²) in [7, 11) is 0. The maximum Gasteiger partial charge on any atom is 0.0521 e. The van der Waals surface area contributed by atoms with Gasteiger partial charge < -0.3 is 5.73 Å². The predicted octanol–water partition coefficient (Wildman–Crippen LogP) is 2.67. The summed E-state index contributed by atoms with van der Waals surface area (Å²) in [6.45, 7) is 0.772. The molecule has 0 aliphatic heterocycles.